The van der Waals surface area contributed by atoms with E-state index in [1.54, 1.807) is 5.56 Å². The molecule has 0 unspecified atom stereocenters. The summed E-state index contributed by atoms with van der Waals surface area (Å²) in [5.41, 5.74) is 2.04. The highest BCUT2D eigenvalue weighted by molar-refractivity contribution is 6.30. The van der Waals surface area contributed by atoms with E-state index in [4.69, 9.17) is 11.6 Å². The molecule has 2 aliphatic carbocycles. The first kappa shape index (κ1) is 16.4. The molecule has 22 heavy (non-hydrogen) atoms. The summed E-state index contributed by atoms with van der Waals surface area (Å²) < 4.78 is 0. The van der Waals surface area contributed by atoms with Gasteiger partial charge in [0.25, 0.3) is 0 Å². The number of rotatable bonds is 4. The summed E-state index contributed by atoms with van der Waals surface area (Å²) in [4.78, 5) is 0. The second-order valence-corrected chi connectivity index (χ2v) is 8.17. The monoisotopic (exact) mass is 318 g/mol. The minimum atomic E-state index is 0.458. The first-order valence-corrected chi connectivity index (χ1v) is 9.88. The van der Waals surface area contributed by atoms with Crippen LogP contribution in [0.1, 0.15) is 83.1 Å². The Kier molecular flexibility index (Phi) is 5.50. The van der Waals surface area contributed by atoms with Crippen molar-refractivity contribution in [2.75, 3.05) is 0 Å². The van der Waals surface area contributed by atoms with Crippen molar-refractivity contribution >= 4 is 11.6 Å². The number of hydrogen-bond donors (Lipinski definition) is 0. The van der Waals surface area contributed by atoms with E-state index >= 15 is 0 Å². The van der Waals surface area contributed by atoms with Crippen LogP contribution in [0.15, 0.2) is 24.3 Å². The summed E-state index contributed by atoms with van der Waals surface area (Å²) in [5, 5.41) is 0.876. The van der Waals surface area contributed by atoms with E-state index < -0.39 is 0 Å². The Hall–Kier alpha value is -0.490. The second-order valence-electron chi connectivity index (χ2n) is 7.73. The van der Waals surface area contributed by atoms with Crippen LogP contribution in [-0.4, -0.2) is 0 Å². The normalized spacial score (nSPS) is 28.5. The van der Waals surface area contributed by atoms with Crippen molar-refractivity contribution in [2.45, 2.75) is 83.0 Å². The highest BCUT2D eigenvalue weighted by Crippen LogP contribution is 2.51. The predicted molar refractivity (Wildman–Crippen MR) is 96.6 cm³/mol. The van der Waals surface area contributed by atoms with E-state index in [1.807, 2.05) is 0 Å². The Morgan fingerprint density at radius 1 is 0.955 bits per heavy atom. The molecule has 0 nitrogen and oxygen atoms in total. The quantitative estimate of drug-likeness (QED) is 0.553. The summed E-state index contributed by atoms with van der Waals surface area (Å²) in [6.45, 7) is 2.34. The third-order valence-electron chi connectivity index (χ3n) is 6.49. The van der Waals surface area contributed by atoms with E-state index in [9.17, 15) is 0 Å². The SMILES string of the molecule is CCCC1CCC(C2(c3ccc(Cl)cc3)CCCCC2)CC1. The molecule has 0 N–H and O–H groups in total. The predicted octanol–water partition coefficient (Wildman–Crippen LogP) is 7.15. The van der Waals surface area contributed by atoms with Gasteiger partial charge in [-0.3, -0.25) is 0 Å². The van der Waals surface area contributed by atoms with E-state index in [0.29, 0.717) is 5.41 Å². The number of halogens is 1. The molecule has 0 bridgehead atoms. The molecule has 2 saturated carbocycles. The molecule has 0 atom stereocenters. The molecule has 1 heteroatoms. The van der Waals surface area contributed by atoms with Gasteiger partial charge in [0.2, 0.25) is 0 Å². The molecule has 0 aliphatic heterocycles. The fourth-order valence-electron chi connectivity index (χ4n) is 5.31. The van der Waals surface area contributed by atoms with Crippen molar-refractivity contribution in [3.63, 3.8) is 0 Å². The lowest BCUT2D eigenvalue weighted by Gasteiger charge is -2.47. The Morgan fingerprint density at radius 2 is 1.59 bits per heavy atom. The zero-order valence-electron chi connectivity index (χ0n) is 14.1. The average molecular weight is 319 g/mol. The van der Waals surface area contributed by atoms with E-state index in [2.05, 4.69) is 31.2 Å². The van der Waals surface area contributed by atoms with Crippen LogP contribution in [0.5, 0.6) is 0 Å². The molecular formula is C21H31Cl. The maximum atomic E-state index is 6.14. The lowest BCUT2D eigenvalue weighted by atomic mass is 9.57. The average Bonchev–Trinajstić information content (AvgIpc) is 2.57. The lowest BCUT2D eigenvalue weighted by Crippen LogP contribution is -2.39. The number of benzene rings is 1. The van der Waals surface area contributed by atoms with Gasteiger partial charge < -0.3 is 0 Å². The van der Waals surface area contributed by atoms with Crippen LogP contribution in [0.2, 0.25) is 5.02 Å². The molecule has 0 spiro atoms. The molecule has 1 aromatic rings. The van der Waals surface area contributed by atoms with E-state index in [-0.39, 0.29) is 0 Å². The summed E-state index contributed by atoms with van der Waals surface area (Å²) in [5.74, 6) is 1.91. The van der Waals surface area contributed by atoms with E-state index in [0.717, 1.165) is 16.9 Å². The fourth-order valence-corrected chi connectivity index (χ4v) is 5.44. The van der Waals surface area contributed by atoms with Crippen molar-refractivity contribution in [3.05, 3.63) is 34.9 Å². The molecule has 1 aromatic carbocycles. The van der Waals surface area contributed by atoms with Gasteiger partial charge >= 0.3 is 0 Å². The van der Waals surface area contributed by atoms with Gasteiger partial charge in [-0.1, -0.05) is 75.6 Å². The first-order chi connectivity index (χ1) is 10.7. The molecule has 3 rings (SSSR count). The maximum Gasteiger partial charge on any atom is 0.0406 e. The second kappa shape index (κ2) is 7.39. The Labute approximate surface area is 141 Å². The summed E-state index contributed by atoms with van der Waals surface area (Å²) >= 11 is 6.14. The number of hydrogen-bond acceptors (Lipinski definition) is 0. The largest absolute Gasteiger partial charge is 0.0843 e. The van der Waals surface area contributed by atoms with Gasteiger partial charge in [-0.15, -0.1) is 0 Å². The third kappa shape index (κ3) is 3.37. The fraction of sp³-hybridized carbons (Fsp3) is 0.714. The molecule has 2 aliphatic rings. The maximum absolute atomic E-state index is 6.14. The molecule has 122 valence electrons. The molecule has 0 heterocycles. The van der Waals surface area contributed by atoms with Crippen LogP contribution in [0.4, 0.5) is 0 Å². The van der Waals surface area contributed by atoms with Gasteiger partial charge in [0.1, 0.15) is 0 Å². The summed E-state index contributed by atoms with van der Waals surface area (Å²) in [7, 11) is 0. The summed E-state index contributed by atoms with van der Waals surface area (Å²) in [6, 6.07) is 8.86. The van der Waals surface area contributed by atoms with Gasteiger partial charge in [-0.25, -0.2) is 0 Å². The summed E-state index contributed by atoms with van der Waals surface area (Å²) in [6.07, 6.45) is 15.7. The van der Waals surface area contributed by atoms with Crippen LogP contribution in [0, 0.1) is 11.8 Å². The van der Waals surface area contributed by atoms with Gasteiger partial charge in [-0.2, -0.15) is 0 Å². The smallest absolute Gasteiger partial charge is 0.0406 e. The zero-order valence-corrected chi connectivity index (χ0v) is 14.9. The van der Waals surface area contributed by atoms with Crippen LogP contribution >= 0.6 is 11.6 Å². The van der Waals surface area contributed by atoms with Crippen LogP contribution in [-0.2, 0) is 5.41 Å². The topological polar surface area (TPSA) is 0 Å². The van der Waals surface area contributed by atoms with Crippen molar-refractivity contribution in [1.29, 1.82) is 0 Å². The molecular weight excluding hydrogens is 288 g/mol. The lowest BCUT2D eigenvalue weighted by molar-refractivity contribution is 0.125. The third-order valence-corrected chi connectivity index (χ3v) is 6.74. The molecule has 0 radical (unpaired) electrons. The minimum Gasteiger partial charge on any atom is -0.0843 e. The minimum absolute atomic E-state index is 0.458. The van der Waals surface area contributed by atoms with E-state index in [1.165, 1.54) is 70.6 Å². The zero-order chi connectivity index (χ0) is 15.4. The van der Waals surface area contributed by atoms with Crippen LogP contribution in [0.3, 0.4) is 0 Å². The molecule has 2 fully saturated rings. The first-order valence-electron chi connectivity index (χ1n) is 9.50. The standard InChI is InChI=1S/C21H31Cl/c1-2-6-17-7-9-18(10-8-17)21(15-4-3-5-16-21)19-11-13-20(22)14-12-19/h11-14,17-18H,2-10,15-16H2,1H3. The Balaban J connectivity index is 1.79. The van der Waals surface area contributed by atoms with Gasteiger partial charge in [0.15, 0.2) is 0 Å². The molecule has 0 aromatic heterocycles. The molecule has 0 saturated heterocycles. The van der Waals surface area contributed by atoms with Crippen LogP contribution < -0.4 is 0 Å². The van der Waals surface area contributed by atoms with Crippen molar-refractivity contribution in [3.8, 4) is 0 Å². The van der Waals surface area contributed by atoms with Crippen molar-refractivity contribution in [1.82, 2.24) is 0 Å². The highest BCUT2D eigenvalue weighted by atomic mass is 35.5. The van der Waals surface area contributed by atoms with Gasteiger partial charge in [0.05, 0.1) is 0 Å². The van der Waals surface area contributed by atoms with Crippen LogP contribution in [0.25, 0.3) is 0 Å². The van der Waals surface area contributed by atoms with Gasteiger partial charge in [0, 0.05) is 5.02 Å². The highest BCUT2D eigenvalue weighted by Gasteiger charge is 2.42. The Bertz CT molecular complexity index is 447. The Morgan fingerprint density at radius 3 is 2.18 bits per heavy atom. The van der Waals surface area contributed by atoms with Crippen molar-refractivity contribution in [2.24, 2.45) is 11.8 Å². The molecule has 0 amide bonds. The van der Waals surface area contributed by atoms with Gasteiger partial charge in [-0.05, 0) is 60.6 Å². The van der Waals surface area contributed by atoms with Crippen molar-refractivity contribution < 1.29 is 0 Å².